The van der Waals surface area contributed by atoms with E-state index in [0.717, 1.165) is 11.1 Å². The Morgan fingerprint density at radius 1 is 1.08 bits per heavy atom. The topological polar surface area (TPSA) is 89.9 Å². The van der Waals surface area contributed by atoms with E-state index in [4.69, 9.17) is 20.2 Å². The van der Waals surface area contributed by atoms with Gasteiger partial charge in [0.25, 0.3) is 0 Å². The number of benzene rings is 3. The van der Waals surface area contributed by atoms with E-state index in [1.165, 1.54) is 24.3 Å². The number of rotatable bonds is 3. The van der Waals surface area contributed by atoms with Crippen LogP contribution < -0.4 is 15.2 Å². The monoisotopic (exact) mass is 493 g/mol. The van der Waals surface area contributed by atoms with Gasteiger partial charge < -0.3 is 19.9 Å². The molecule has 0 aliphatic carbocycles. The molecule has 36 heavy (non-hydrogen) atoms. The van der Waals surface area contributed by atoms with Crippen LogP contribution in [0.2, 0.25) is 0 Å². The Labute approximate surface area is 205 Å². The summed E-state index contributed by atoms with van der Waals surface area (Å²) < 4.78 is 54.4. The molecule has 2 heterocycles. The maximum absolute atomic E-state index is 12.6. The maximum atomic E-state index is 12.6. The molecule has 6 nitrogen and oxygen atoms in total. The van der Waals surface area contributed by atoms with Crippen LogP contribution in [0.3, 0.4) is 0 Å². The van der Waals surface area contributed by atoms with Crippen LogP contribution in [0.25, 0.3) is 11.1 Å². The number of nitrogens with zero attached hydrogens (tertiary/aromatic N) is 2. The minimum Gasteiger partial charge on any atom is -0.485 e. The normalized spacial score (nSPS) is 23.2. The molecule has 9 heteroatoms. The molecule has 0 saturated heterocycles. The summed E-state index contributed by atoms with van der Waals surface area (Å²) in [6.07, 6.45) is -4.77. The largest absolute Gasteiger partial charge is 0.573 e. The summed E-state index contributed by atoms with van der Waals surface area (Å²) in [6, 6.07) is 20.6. The summed E-state index contributed by atoms with van der Waals surface area (Å²) in [4.78, 5) is 4.74. The molecular weight excluding hydrogens is 471 g/mol. The van der Waals surface area contributed by atoms with Crippen molar-refractivity contribution in [3.8, 4) is 28.7 Å². The van der Waals surface area contributed by atoms with E-state index >= 15 is 0 Å². The second-order valence-electron chi connectivity index (χ2n) is 8.85. The number of fused-ring (bicyclic) bond motifs is 2. The Kier molecular flexibility index (Phi) is 5.85. The molecule has 1 spiro atoms. The number of nitrogens with two attached hydrogens (primary N) is 1. The first-order valence-electron chi connectivity index (χ1n) is 11.3. The molecule has 3 aromatic carbocycles. The zero-order valence-corrected chi connectivity index (χ0v) is 19.3. The fourth-order valence-electron chi connectivity index (χ4n) is 4.70. The third-order valence-corrected chi connectivity index (χ3v) is 6.16. The first-order valence-corrected chi connectivity index (χ1v) is 11.3. The molecule has 2 aliphatic rings. The zero-order valence-electron chi connectivity index (χ0n) is 19.3. The minimum absolute atomic E-state index is 0.206. The van der Waals surface area contributed by atoms with E-state index in [9.17, 15) is 18.4 Å². The van der Waals surface area contributed by atoms with Gasteiger partial charge in [-0.25, -0.2) is 4.99 Å². The summed E-state index contributed by atoms with van der Waals surface area (Å²) in [5, 5.41) is 9.28. The lowest BCUT2D eigenvalue weighted by atomic mass is 9.86. The van der Waals surface area contributed by atoms with Crippen molar-refractivity contribution >= 4 is 5.84 Å². The quantitative estimate of drug-likeness (QED) is 0.486. The predicted molar refractivity (Wildman–Crippen MR) is 126 cm³/mol. The highest BCUT2D eigenvalue weighted by atomic mass is 19.4. The van der Waals surface area contributed by atoms with Gasteiger partial charge in [-0.15, -0.1) is 13.2 Å². The third kappa shape index (κ3) is 4.72. The molecule has 0 bridgehead atoms. The minimum atomic E-state index is -4.77. The molecule has 3 atom stereocenters. The maximum Gasteiger partial charge on any atom is 0.573 e. The fourth-order valence-corrected chi connectivity index (χ4v) is 4.70. The number of halogens is 3. The molecule has 3 unspecified atom stereocenters. The molecule has 0 amide bonds. The lowest BCUT2D eigenvalue weighted by Gasteiger charge is -2.43. The molecular formula is C27H22F3N3O3. The molecule has 184 valence electrons. The molecule has 0 radical (unpaired) electrons. The predicted octanol–water partition coefficient (Wildman–Crippen LogP) is 5.97. The highest BCUT2D eigenvalue weighted by Gasteiger charge is 2.46. The second-order valence-corrected chi connectivity index (χ2v) is 8.85. The molecule has 3 aromatic rings. The van der Waals surface area contributed by atoms with Crippen molar-refractivity contribution in [2.75, 3.05) is 0 Å². The standard InChI is InChI=1S/C27H22F3N3O3/c1-16-11-25(32)33-26(35-16)14-24(18-5-8-21(9-6-18)36-27(28,29)30)34-23-10-7-20(13-22(23)26)19-4-2-3-17(12-19)15-31/h2-10,12-13,16,24H,11,14H2,1H3,(H2,32,33). The van der Waals surface area contributed by atoms with Crippen LogP contribution in [-0.2, 0) is 10.5 Å². The van der Waals surface area contributed by atoms with E-state index in [2.05, 4.69) is 10.8 Å². The van der Waals surface area contributed by atoms with Crippen molar-refractivity contribution in [2.24, 2.45) is 10.7 Å². The molecule has 0 aromatic heterocycles. The molecule has 2 N–H and O–H groups in total. The van der Waals surface area contributed by atoms with E-state index in [1.54, 1.807) is 12.1 Å². The van der Waals surface area contributed by atoms with Crippen molar-refractivity contribution < 1.29 is 27.4 Å². The first-order chi connectivity index (χ1) is 17.1. The molecule has 5 rings (SSSR count). The van der Waals surface area contributed by atoms with Gasteiger partial charge in [-0.2, -0.15) is 5.26 Å². The average molecular weight is 493 g/mol. The highest BCUT2D eigenvalue weighted by Crippen LogP contribution is 2.50. The summed E-state index contributed by atoms with van der Waals surface area (Å²) >= 11 is 0. The molecule has 0 fully saturated rings. The van der Waals surface area contributed by atoms with Crippen molar-refractivity contribution in [3.63, 3.8) is 0 Å². The van der Waals surface area contributed by atoms with Gasteiger partial charge in [0.2, 0.25) is 0 Å². The molecule has 2 aliphatic heterocycles. The lowest BCUT2D eigenvalue weighted by molar-refractivity contribution is -0.274. The number of amidine groups is 1. The van der Waals surface area contributed by atoms with Crippen molar-refractivity contribution in [3.05, 3.63) is 83.4 Å². The fraction of sp³-hybridized carbons (Fsp3) is 0.259. The van der Waals surface area contributed by atoms with Crippen molar-refractivity contribution in [1.82, 2.24) is 0 Å². The average Bonchev–Trinajstić information content (AvgIpc) is 2.82. The number of alkyl halides is 3. The van der Waals surface area contributed by atoms with Gasteiger partial charge >= 0.3 is 6.36 Å². The van der Waals surface area contributed by atoms with Gasteiger partial charge in [0.05, 0.1) is 17.7 Å². The van der Waals surface area contributed by atoms with E-state index in [-0.39, 0.29) is 18.3 Å². The number of ether oxygens (including phenoxy) is 3. The Morgan fingerprint density at radius 2 is 1.83 bits per heavy atom. The number of hydrogen-bond acceptors (Lipinski definition) is 6. The smallest absolute Gasteiger partial charge is 0.485 e. The molecule has 0 saturated carbocycles. The van der Waals surface area contributed by atoms with Crippen molar-refractivity contribution in [1.29, 1.82) is 5.26 Å². The van der Waals surface area contributed by atoms with Crippen LogP contribution >= 0.6 is 0 Å². The summed E-state index contributed by atoms with van der Waals surface area (Å²) in [5.41, 5.74) is 8.68. The number of aliphatic imine (C=N–C) groups is 1. The lowest BCUT2D eigenvalue weighted by Crippen LogP contribution is -2.44. The van der Waals surface area contributed by atoms with Gasteiger partial charge in [-0.05, 0) is 60.0 Å². The van der Waals surface area contributed by atoms with E-state index < -0.39 is 18.2 Å². The first kappa shape index (κ1) is 23.7. The van der Waals surface area contributed by atoms with Crippen LogP contribution in [0.1, 0.15) is 42.6 Å². The van der Waals surface area contributed by atoms with Gasteiger partial charge in [-0.1, -0.05) is 30.3 Å². The van der Waals surface area contributed by atoms with Gasteiger partial charge in [-0.3, -0.25) is 0 Å². The van der Waals surface area contributed by atoms with Gasteiger partial charge in [0.15, 0.2) is 5.72 Å². The highest BCUT2D eigenvalue weighted by molar-refractivity contribution is 5.82. The Bertz CT molecular complexity index is 1370. The Hall–Kier alpha value is -4.03. The summed E-state index contributed by atoms with van der Waals surface area (Å²) in [6.45, 7) is 1.91. The third-order valence-electron chi connectivity index (χ3n) is 6.16. The van der Waals surface area contributed by atoms with E-state index in [1.807, 2.05) is 37.3 Å². The number of hydrogen-bond donors (Lipinski definition) is 1. The second kappa shape index (κ2) is 8.88. The summed E-state index contributed by atoms with van der Waals surface area (Å²) in [7, 11) is 0. The summed E-state index contributed by atoms with van der Waals surface area (Å²) in [5.74, 6) is 0.671. The number of nitriles is 1. The van der Waals surface area contributed by atoms with Gasteiger partial charge in [0.1, 0.15) is 23.4 Å². The van der Waals surface area contributed by atoms with Crippen LogP contribution in [0.5, 0.6) is 11.5 Å². The Balaban J connectivity index is 1.56. The SMILES string of the molecule is CC1CC(N)=NC2(CC(c3ccc(OC(F)(F)F)cc3)Oc3ccc(-c4cccc(C#N)c4)cc32)O1. The zero-order chi connectivity index (χ0) is 25.5. The Morgan fingerprint density at radius 3 is 2.53 bits per heavy atom. The van der Waals surface area contributed by atoms with Crippen LogP contribution in [0.15, 0.2) is 71.7 Å². The van der Waals surface area contributed by atoms with Crippen LogP contribution in [-0.4, -0.2) is 18.3 Å². The van der Waals surface area contributed by atoms with Crippen LogP contribution in [0, 0.1) is 11.3 Å². The van der Waals surface area contributed by atoms with E-state index in [0.29, 0.717) is 34.7 Å². The van der Waals surface area contributed by atoms with Crippen LogP contribution in [0.4, 0.5) is 13.2 Å². The van der Waals surface area contributed by atoms with Crippen molar-refractivity contribution in [2.45, 2.75) is 44.1 Å². The van der Waals surface area contributed by atoms with Gasteiger partial charge in [0, 0.05) is 18.4 Å².